The number of hydrogen-bond donors (Lipinski definition) is 1. The van der Waals surface area contributed by atoms with E-state index in [0.29, 0.717) is 23.4 Å². The van der Waals surface area contributed by atoms with Gasteiger partial charge in [-0.05, 0) is 54.5 Å². The second-order valence-electron chi connectivity index (χ2n) is 6.18. The van der Waals surface area contributed by atoms with Gasteiger partial charge in [-0.3, -0.25) is 4.79 Å². The highest BCUT2D eigenvalue weighted by atomic mass is 19.3. The van der Waals surface area contributed by atoms with E-state index in [-0.39, 0.29) is 11.5 Å². The molecule has 2 aromatic rings. The van der Waals surface area contributed by atoms with E-state index in [4.69, 9.17) is 9.47 Å². The number of carbonyl (C=O) groups excluding carboxylic acids is 2. The van der Waals surface area contributed by atoms with Crippen LogP contribution in [0.2, 0.25) is 0 Å². The summed E-state index contributed by atoms with van der Waals surface area (Å²) >= 11 is 0. The molecule has 6 nitrogen and oxygen atoms in total. The summed E-state index contributed by atoms with van der Waals surface area (Å²) in [6, 6.07) is 10.7. The van der Waals surface area contributed by atoms with E-state index in [2.05, 4.69) is 10.1 Å². The summed E-state index contributed by atoms with van der Waals surface area (Å²) in [6.07, 6.45) is 4.53. The Labute approximate surface area is 173 Å². The summed E-state index contributed by atoms with van der Waals surface area (Å²) in [6.45, 7) is -0.582. The largest absolute Gasteiger partial charge is 0.493 e. The molecule has 0 aliphatic heterocycles. The van der Waals surface area contributed by atoms with E-state index in [9.17, 15) is 18.4 Å². The predicted octanol–water partition coefficient (Wildman–Crippen LogP) is 4.91. The zero-order valence-electron chi connectivity index (χ0n) is 16.7. The van der Waals surface area contributed by atoms with Gasteiger partial charge in [-0.25, -0.2) is 4.79 Å². The number of benzene rings is 2. The monoisotopic (exact) mass is 419 g/mol. The Morgan fingerprint density at radius 1 is 1.10 bits per heavy atom. The second-order valence-corrected chi connectivity index (χ2v) is 6.18. The number of anilines is 1. The molecule has 0 aromatic heterocycles. The van der Waals surface area contributed by atoms with Gasteiger partial charge in [0.2, 0.25) is 5.91 Å². The molecular formula is C22H23F2NO5. The van der Waals surface area contributed by atoms with Crippen LogP contribution in [0.1, 0.15) is 35.7 Å². The molecule has 0 spiro atoms. The Hall–Kier alpha value is -3.42. The van der Waals surface area contributed by atoms with Gasteiger partial charge in [0, 0.05) is 11.8 Å². The van der Waals surface area contributed by atoms with Crippen LogP contribution >= 0.6 is 0 Å². The Bertz CT molecular complexity index is 882. The third-order valence-electron chi connectivity index (χ3n) is 3.95. The van der Waals surface area contributed by atoms with Crippen molar-refractivity contribution in [3.8, 4) is 11.5 Å². The van der Waals surface area contributed by atoms with Crippen LogP contribution in [0.3, 0.4) is 0 Å². The Balaban J connectivity index is 1.95. The van der Waals surface area contributed by atoms with Crippen LogP contribution in [-0.4, -0.2) is 32.2 Å². The quantitative estimate of drug-likeness (QED) is 0.337. The second kappa shape index (κ2) is 11.5. The molecule has 0 radical (unpaired) electrons. The topological polar surface area (TPSA) is 73.9 Å². The third-order valence-corrected chi connectivity index (χ3v) is 3.95. The highest BCUT2D eigenvalue weighted by Crippen LogP contribution is 2.29. The molecule has 0 aliphatic carbocycles. The molecule has 1 amide bonds. The molecule has 8 heteroatoms. The highest BCUT2D eigenvalue weighted by molar-refractivity contribution is 6.02. The molecule has 0 fully saturated rings. The number of halogens is 2. The van der Waals surface area contributed by atoms with Crippen molar-refractivity contribution in [1.29, 1.82) is 0 Å². The summed E-state index contributed by atoms with van der Waals surface area (Å²) in [4.78, 5) is 24.0. The lowest BCUT2D eigenvalue weighted by molar-refractivity contribution is -0.111. The lowest BCUT2D eigenvalue weighted by Crippen LogP contribution is -2.09. The van der Waals surface area contributed by atoms with Crippen LogP contribution in [0.4, 0.5) is 14.5 Å². The summed E-state index contributed by atoms with van der Waals surface area (Å²) in [5.41, 5.74) is 1.47. The summed E-state index contributed by atoms with van der Waals surface area (Å²) < 4.78 is 39.2. The van der Waals surface area contributed by atoms with E-state index < -0.39 is 18.5 Å². The van der Waals surface area contributed by atoms with E-state index in [1.165, 1.54) is 37.5 Å². The minimum atomic E-state index is -2.96. The summed E-state index contributed by atoms with van der Waals surface area (Å²) in [5, 5.41) is 2.66. The third kappa shape index (κ3) is 7.20. The van der Waals surface area contributed by atoms with Gasteiger partial charge >= 0.3 is 12.6 Å². The Morgan fingerprint density at radius 3 is 2.47 bits per heavy atom. The standard InChI is InChI=1S/C22H23F2NO5/c1-3-4-13-29-21(27)16-7-9-17(10-8-16)25-20(26)12-6-15-5-11-18(30-22(23)24)19(14-15)28-2/h5-12,14,22H,3-4,13H2,1-2H3,(H,25,26). The molecule has 0 heterocycles. The van der Waals surface area contributed by atoms with Gasteiger partial charge in [-0.2, -0.15) is 8.78 Å². The SMILES string of the molecule is CCCCOC(=O)c1ccc(NC(=O)C=Cc2ccc(OC(F)F)c(OC)c2)cc1. The van der Waals surface area contributed by atoms with Crippen LogP contribution < -0.4 is 14.8 Å². The van der Waals surface area contributed by atoms with E-state index >= 15 is 0 Å². The van der Waals surface area contributed by atoms with Crippen molar-refractivity contribution >= 4 is 23.6 Å². The van der Waals surface area contributed by atoms with Crippen molar-refractivity contribution in [3.05, 3.63) is 59.7 Å². The minimum absolute atomic E-state index is 0.0950. The number of methoxy groups -OCH3 is 1. The molecule has 0 unspecified atom stereocenters. The summed E-state index contributed by atoms with van der Waals surface area (Å²) in [5.74, 6) is -0.781. The van der Waals surface area contributed by atoms with Gasteiger partial charge < -0.3 is 19.5 Å². The average Bonchev–Trinajstić information content (AvgIpc) is 2.73. The predicted molar refractivity (Wildman–Crippen MR) is 109 cm³/mol. The van der Waals surface area contributed by atoms with Crippen LogP contribution in [-0.2, 0) is 9.53 Å². The summed E-state index contributed by atoms with van der Waals surface area (Å²) in [7, 11) is 1.33. The highest BCUT2D eigenvalue weighted by Gasteiger charge is 2.11. The number of rotatable bonds is 10. The maximum atomic E-state index is 12.4. The smallest absolute Gasteiger partial charge is 0.387 e. The number of amides is 1. The van der Waals surface area contributed by atoms with Gasteiger partial charge in [0.15, 0.2) is 11.5 Å². The number of carbonyl (C=O) groups is 2. The van der Waals surface area contributed by atoms with Crippen molar-refractivity contribution < 1.29 is 32.6 Å². The van der Waals surface area contributed by atoms with Crippen LogP contribution in [0.25, 0.3) is 6.08 Å². The van der Waals surface area contributed by atoms with E-state index in [1.807, 2.05) is 6.92 Å². The maximum Gasteiger partial charge on any atom is 0.387 e. The number of alkyl halides is 2. The lowest BCUT2D eigenvalue weighted by Gasteiger charge is -2.10. The molecule has 2 rings (SSSR count). The lowest BCUT2D eigenvalue weighted by atomic mass is 10.2. The molecule has 0 saturated heterocycles. The van der Waals surface area contributed by atoms with Gasteiger partial charge in [-0.15, -0.1) is 0 Å². The molecule has 2 aromatic carbocycles. The fourth-order valence-corrected chi connectivity index (χ4v) is 2.42. The number of esters is 1. The molecule has 1 N–H and O–H groups in total. The number of hydrogen-bond acceptors (Lipinski definition) is 5. The van der Waals surface area contributed by atoms with Crippen LogP contribution in [0.15, 0.2) is 48.5 Å². The first-order valence-corrected chi connectivity index (χ1v) is 9.32. The van der Waals surface area contributed by atoms with E-state index in [0.717, 1.165) is 12.8 Å². The zero-order chi connectivity index (χ0) is 21.9. The number of nitrogens with one attached hydrogen (secondary N) is 1. The minimum Gasteiger partial charge on any atom is -0.493 e. The van der Waals surface area contributed by atoms with Crippen LogP contribution in [0, 0.1) is 0 Å². The van der Waals surface area contributed by atoms with E-state index in [1.54, 1.807) is 24.3 Å². The fraction of sp³-hybridized carbons (Fsp3) is 0.273. The first-order valence-electron chi connectivity index (χ1n) is 9.32. The van der Waals surface area contributed by atoms with Crippen molar-refractivity contribution in [2.75, 3.05) is 19.0 Å². The van der Waals surface area contributed by atoms with Crippen molar-refractivity contribution in [2.24, 2.45) is 0 Å². The number of unbranched alkanes of at least 4 members (excludes halogenated alkanes) is 1. The molecule has 0 bridgehead atoms. The first kappa shape index (κ1) is 22.9. The molecule has 160 valence electrons. The molecule has 0 aliphatic rings. The zero-order valence-corrected chi connectivity index (χ0v) is 16.7. The van der Waals surface area contributed by atoms with Gasteiger partial charge in [-0.1, -0.05) is 19.4 Å². The molecule has 30 heavy (non-hydrogen) atoms. The Kier molecular flexibility index (Phi) is 8.80. The maximum absolute atomic E-state index is 12.4. The van der Waals surface area contributed by atoms with Gasteiger partial charge in [0.05, 0.1) is 19.3 Å². The van der Waals surface area contributed by atoms with Crippen molar-refractivity contribution in [3.63, 3.8) is 0 Å². The normalized spacial score (nSPS) is 10.8. The Morgan fingerprint density at radius 2 is 1.83 bits per heavy atom. The molecule has 0 atom stereocenters. The number of ether oxygens (including phenoxy) is 3. The molecular weight excluding hydrogens is 396 g/mol. The molecule has 0 saturated carbocycles. The van der Waals surface area contributed by atoms with Crippen molar-refractivity contribution in [2.45, 2.75) is 26.4 Å². The first-order chi connectivity index (χ1) is 14.4. The van der Waals surface area contributed by atoms with Gasteiger partial charge in [0.1, 0.15) is 0 Å². The van der Waals surface area contributed by atoms with Crippen LogP contribution in [0.5, 0.6) is 11.5 Å². The van der Waals surface area contributed by atoms with Gasteiger partial charge in [0.25, 0.3) is 0 Å². The van der Waals surface area contributed by atoms with Crippen molar-refractivity contribution in [1.82, 2.24) is 0 Å². The average molecular weight is 419 g/mol. The fourth-order valence-electron chi connectivity index (χ4n) is 2.42.